The Hall–Kier alpha value is -0.306. The van der Waals surface area contributed by atoms with E-state index in [4.69, 9.17) is 13.6 Å². The summed E-state index contributed by atoms with van der Waals surface area (Å²) < 4.78 is 19.5. The molecule has 0 saturated heterocycles. The van der Waals surface area contributed by atoms with Crippen LogP contribution >= 0.6 is 15.9 Å². The zero-order valence-electron chi connectivity index (χ0n) is 18.5. The van der Waals surface area contributed by atoms with Crippen molar-refractivity contribution in [3.8, 4) is 11.5 Å². The summed E-state index contributed by atoms with van der Waals surface area (Å²) in [4.78, 5) is 0. The second-order valence-electron chi connectivity index (χ2n) is 9.98. The highest BCUT2D eigenvalue weighted by Gasteiger charge is 2.40. The number of ether oxygens (including phenoxy) is 1. The van der Waals surface area contributed by atoms with Gasteiger partial charge >= 0.3 is 0 Å². The molecule has 0 spiro atoms. The van der Waals surface area contributed by atoms with E-state index in [1.54, 1.807) is 7.11 Å². The number of hydrogen-bond donors (Lipinski definition) is 0. The van der Waals surface area contributed by atoms with Gasteiger partial charge in [-0.15, -0.1) is 0 Å². The first kappa shape index (κ1) is 23.7. The molecule has 0 fully saturated rings. The van der Waals surface area contributed by atoms with Crippen LogP contribution in [0, 0.1) is 0 Å². The predicted octanol–water partition coefficient (Wildman–Crippen LogP) is 7.36. The lowest BCUT2D eigenvalue weighted by Crippen LogP contribution is -2.44. The Labute approximate surface area is 171 Å². The van der Waals surface area contributed by atoms with Gasteiger partial charge in [0.15, 0.2) is 19.8 Å². The van der Waals surface area contributed by atoms with Crippen molar-refractivity contribution in [2.75, 3.05) is 7.11 Å². The fourth-order valence-electron chi connectivity index (χ4n) is 1.83. The summed E-state index contributed by atoms with van der Waals surface area (Å²) in [7, 11) is -2.10. The largest absolute Gasteiger partial charge is 0.540 e. The summed E-state index contributed by atoms with van der Waals surface area (Å²) >= 11 is 3.76. The first-order chi connectivity index (χ1) is 11.5. The maximum absolute atomic E-state index is 6.58. The summed E-state index contributed by atoms with van der Waals surface area (Å²) in [6.07, 6.45) is 0. The molecule has 1 aromatic carbocycles. The minimum atomic E-state index is -1.98. The zero-order chi connectivity index (χ0) is 20.6. The second-order valence-corrected chi connectivity index (χ2v) is 20.3. The molecule has 0 heterocycles. The standard InChI is InChI=1S/C20H37BrO3Si2/c1-19(2,3)25(8,9)23-14-15-12-13-16(22-7)18(17(15)21)24-26(10,11)20(4,5)6/h12-13H,14H2,1-11H3. The van der Waals surface area contributed by atoms with Crippen LogP contribution < -0.4 is 9.16 Å². The van der Waals surface area contributed by atoms with Crippen molar-refractivity contribution in [3.05, 3.63) is 22.2 Å². The van der Waals surface area contributed by atoms with E-state index in [1.165, 1.54) is 0 Å². The van der Waals surface area contributed by atoms with Crippen LogP contribution in [0.15, 0.2) is 16.6 Å². The smallest absolute Gasteiger partial charge is 0.250 e. The average molecular weight is 462 g/mol. The van der Waals surface area contributed by atoms with E-state index in [0.717, 1.165) is 21.5 Å². The molecule has 0 N–H and O–H groups in total. The molecular formula is C20H37BrO3Si2. The van der Waals surface area contributed by atoms with Crippen molar-refractivity contribution in [2.45, 2.75) is 84.4 Å². The topological polar surface area (TPSA) is 27.7 Å². The molecular weight excluding hydrogens is 424 g/mol. The second kappa shape index (κ2) is 7.97. The Morgan fingerprint density at radius 2 is 1.38 bits per heavy atom. The molecule has 0 amide bonds. The molecule has 0 aliphatic heterocycles. The third-order valence-corrected chi connectivity index (χ3v) is 15.6. The third kappa shape index (κ3) is 5.36. The van der Waals surface area contributed by atoms with Gasteiger partial charge in [-0.3, -0.25) is 0 Å². The van der Waals surface area contributed by atoms with Crippen LogP contribution in [0.5, 0.6) is 11.5 Å². The number of halogens is 1. The van der Waals surface area contributed by atoms with Crippen LogP contribution in [-0.2, 0) is 11.0 Å². The molecule has 0 saturated carbocycles. The van der Waals surface area contributed by atoms with Crippen LogP contribution in [-0.4, -0.2) is 23.7 Å². The van der Waals surface area contributed by atoms with Crippen LogP contribution in [0.25, 0.3) is 0 Å². The predicted molar refractivity (Wildman–Crippen MR) is 121 cm³/mol. The first-order valence-corrected chi connectivity index (χ1v) is 15.8. The Bertz CT molecular complexity index is 629. The zero-order valence-corrected chi connectivity index (χ0v) is 22.1. The SMILES string of the molecule is COc1ccc(CO[Si](C)(C)C(C)(C)C)c(Br)c1O[Si](C)(C)C(C)(C)C. The Morgan fingerprint density at radius 1 is 0.885 bits per heavy atom. The van der Waals surface area contributed by atoms with Gasteiger partial charge in [0.05, 0.1) is 18.2 Å². The van der Waals surface area contributed by atoms with E-state index in [1.807, 2.05) is 6.07 Å². The van der Waals surface area contributed by atoms with Gasteiger partial charge in [0.2, 0.25) is 0 Å². The third-order valence-electron chi connectivity index (χ3n) is 5.92. The van der Waals surface area contributed by atoms with Gasteiger partial charge in [-0.25, -0.2) is 0 Å². The van der Waals surface area contributed by atoms with Crippen molar-refractivity contribution < 1.29 is 13.6 Å². The molecule has 0 atom stereocenters. The van der Waals surface area contributed by atoms with Gasteiger partial charge in [0, 0.05) is 0 Å². The molecule has 0 unspecified atom stereocenters. The summed E-state index contributed by atoms with van der Waals surface area (Å²) in [5, 5.41) is 0.303. The van der Waals surface area contributed by atoms with Gasteiger partial charge in [0.1, 0.15) is 0 Å². The van der Waals surface area contributed by atoms with Crippen molar-refractivity contribution in [1.82, 2.24) is 0 Å². The first-order valence-electron chi connectivity index (χ1n) is 9.22. The quantitative estimate of drug-likeness (QED) is 0.414. The minimum Gasteiger partial charge on any atom is -0.540 e. The maximum Gasteiger partial charge on any atom is 0.250 e. The number of rotatable bonds is 6. The van der Waals surface area contributed by atoms with Gasteiger partial charge in [0.25, 0.3) is 8.32 Å². The Kier molecular flexibility index (Phi) is 7.28. The van der Waals surface area contributed by atoms with Gasteiger partial charge in [-0.1, -0.05) is 47.6 Å². The van der Waals surface area contributed by atoms with Crippen molar-refractivity contribution in [1.29, 1.82) is 0 Å². The van der Waals surface area contributed by atoms with Crippen LogP contribution in [0.3, 0.4) is 0 Å². The average Bonchev–Trinajstić information content (AvgIpc) is 2.45. The molecule has 6 heteroatoms. The highest BCUT2D eigenvalue weighted by Crippen LogP contribution is 2.45. The lowest BCUT2D eigenvalue weighted by Gasteiger charge is -2.38. The van der Waals surface area contributed by atoms with E-state index in [-0.39, 0.29) is 10.1 Å². The van der Waals surface area contributed by atoms with Crippen LogP contribution in [0.2, 0.25) is 36.3 Å². The monoisotopic (exact) mass is 460 g/mol. The molecule has 150 valence electrons. The van der Waals surface area contributed by atoms with Crippen molar-refractivity contribution in [2.24, 2.45) is 0 Å². The molecule has 0 radical (unpaired) electrons. The highest BCUT2D eigenvalue weighted by molar-refractivity contribution is 9.10. The minimum absolute atomic E-state index is 0.116. The molecule has 3 nitrogen and oxygen atoms in total. The van der Waals surface area contributed by atoms with Gasteiger partial charge in [-0.2, -0.15) is 0 Å². The summed E-state index contributed by atoms with van der Waals surface area (Å²) in [6, 6.07) is 4.05. The van der Waals surface area contributed by atoms with E-state index in [2.05, 4.69) is 89.7 Å². The molecule has 0 bridgehead atoms. The van der Waals surface area contributed by atoms with Crippen molar-refractivity contribution >= 4 is 32.6 Å². The van der Waals surface area contributed by atoms with E-state index in [9.17, 15) is 0 Å². The van der Waals surface area contributed by atoms with Gasteiger partial charge in [-0.05, 0) is 63.8 Å². The molecule has 26 heavy (non-hydrogen) atoms. The van der Waals surface area contributed by atoms with Crippen molar-refractivity contribution in [3.63, 3.8) is 0 Å². The lowest BCUT2D eigenvalue weighted by atomic mass is 10.2. The Balaban J connectivity index is 3.20. The highest BCUT2D eigenvalue weighted by atomic mass is 79.9. The molecule has 0 aromatic heterocycles. The molecule has 0 aliphatic carbocycles. The van der Waals surface area contributed by atoms with E-state index >= 15 is 0 Å². The summed E-state index contributed by atoms with van der Waals surface area (Å²) in [6.45, 7) is 23.1. The van der Waals surface area contributed by atoms with E-state index in [0.29, 0.717) is 6.61 Å². The van der Waals surface area contributed by atoms with Gasteiger partial charge < -0.3 is 13.6 Å². The molecule has 1 aromatic rings. The normalized spacial score (nSPS) is 13.7. The fraction of sp³-hybridized carbons (Fsp3) is 0.700. The number of benzene rings is 1. The van der Waals surface area contributed by atoms with E-state index < -0.39 is 16.6 Å². The Morgan fingerprint density at radius 3 is 1.81 bits per heavy atom. The maximum atomic E-state index is 6.58. The van der Waals surface area contributed by atoms with Crippen LogP contribution in [0.1, 0.15) is 47.1 Å². The lowest BCUT2D eigenvalue weighted by molar-refractivity contribution is 0.275. The molecule has 0 aliphatic rings. The summed E-state index contributed by atoms with van der Waals surface area (Å²) in [5.41, 5.74) is 1.10. The fourth-order valence-corrected chi connectivity index (χ4v) is 4.47. The van der Waals surface area contributed by atoms with Crippen LogP contribution in [0.4, 0.5) is 0 Å². The number of hydrogen-bond acceptors (Lipinski definition) is 3. The summed E-state index contributed by atoms with van der Waals surface area (Å²) in [5.74, 6) is 1.56. The molecule has 1 rings (SSSR count). The number of methoxy groups -OCH3 is 1.